The number of benzene rings is 2. The van der Waals surface area contributed by atoms with Gasteiger partial charge in [-0.05, 0) is 59.1 Å². The SMILES string of the molecule is CC1(C)CCC(C)(C)c2cc3c(cc21)OCCc1c(-c2ccc(C(=O)O)cc2)n[nH]c1-3. The molecule has 5 heteroatoms. The molecule has 160 valence electrons. The summed E-state index contributed by atoms with van der Waals surface area (Å²) in [5.74, 6) is -0.00949. The van der Waals surface area contributed by atoms with Crippen molar-refractivity contribution in [3.8, 4) is 28.3 Å². The highest BCUT2D eigenvalue weighted by molar-refractivity contribution is 5.88. The van der Waals surface area contributed by atoms with Crippen molar-refractivity contribution in [2.75, 3.05) is 6.61 Å². The highest BCUT2D eigenvalue weighted by Crippen LogP contribution is 2.50. The zero-order chi connectivity index (χ0) is 22.0. The van der Waals surface area contributed by atoms with Gasteiger partial charge in [-0.1, -0.05) is 39.8 Å². The summed E-state index contributed by atoms with van der Waals surface area (Å²) in [5.41, 5.74) is 8.25. The minimum Gasteiger partial charge on any atom is -0.493 e. The third-order valence-electron chi connectivity index (χ3n) is 7.10. The average Bonchev–Trinajstić information content (AvgIpc) is 3.06. The first kappa shape index (κ1) is 19.9. The Morgan fingerprint density at radius 2 is 1.68 bits per heavy atom. The summed E-state index contributed by atoms with van der Waals surface area (Å²) < 4.78 is 6.23. The Morgan fingerprint density at radius 1 is 1.03 bits per heavy atom. The lowest BCUT2D eigenvalue weighted by Crippen LogP contribution is -2.33. The van der Waals surface area contributed by atoms with Crippen molar-refractivity contribution in [2.45, 2.75) is 57.8 Å². The smallest absolute Gasteiger partial charge is 0.335 e. The van der Waals surface area contributed by atoms with Gasteiger partial charge in [0.05, 0.1) is 23.6 Å². The number of aromatic amines is 1. The summed E-state index contributed by atoms with van der Waals surface area (Å²) in [5, 5.41) is 17.1. The number of hydrogen-bond donors (Lipinski definition) is 2. The largest absolute Gasteiger partial charge is 0.493 e. The van der Waals surface area contributed by atoms with Gasteiger partial charge in [-0.2, -0.15) is 5.10 Å². The van der Waals surface area contributed by atoms with Gasteiger partial charge in [0.1, 0.15) is 5.75 Å². The fraction of sp³-hybridized carbons (Fsp3) is 0.385. The maximum Gasteiger partial charge on any atom is 0.335 e. The van der Waals surface area contributed by atoms with Gasteiger partial charge in [-0.3, -0.25) is 5.10 Å². The molecular formula is C26H28N2O3. The number of fused-ring (bicyclic) bond motifs is 4. The lowest BCUT2D eigenvalue weighted by molar-refractivity contribution is 0.0697. The van der Waals surface area contributed by atoms with E-state index in [1.54, 1.807) is 12.1 Å². The number of carboxylic acids is 1. The van der Waals surface area contributed by atoms with Crippen LogP contribution in [0.5, 0.6) is 5.75 Å². The molecule has 0 radical (unpaired) electrons. The number of aromatic nitrogens is 2. The summed E-state index contributed by atoms with van der Waals surface area (Å²) in [4.78, 5) is 11.2. The van der Waals surface area contributed by atoms with Crippen LogP contribution in [0.25, 0.3) is 22.5 Å². The Balaban J connectivity index is 1.66. The molecule has 5 rings (SSSR count). The molecule has 3 aromatic rings. The Morgan fingerprint density at radius 3 is 2.32 bits per heavy atom. The zero-order valence-electron chi connectivity index (χ0n) is 18.5. The van der Waals surface area contributed by atoms with Crippen LogP contribution in [0.4, 0.5) is 0 Å². The molecule has 0 bridgehead atoms. The monoisotopic (exact) mass is 416 g/mol. The topological polar surface area (TPSA) is 75.2 Å². The van der Waals surface area contributed by atoms with Crippen molar-refractivity contribution in [3.05, 3.63) is 58.7 Å². The lowest BCUT2D eigenvalue weighted by Gasteiger charge is -2.42. The van der Waals surface area contributed by atoms with Crippen LogP contribution in [0.15, 0.2) is 36.4 Å². The molecule has 1 aliphatic carbocycles. The molecule has 0 saturated heterocycles. The normalized spacial score (nSPS) is 18.2. The van der Waals surface area contributed by atoms with E-state index in [9.17, 15) is 9.90 Å². The predicted molar refractivity (Wildman–Crippen MR) is 121 cm³/mol. The first-order chi connectivity index (χ1) is 14.7. The standard InChI is InChI=1S/C26H28N2O3/c1-25(2)10-11-26(3,4)20-14-21-18(13-19(20)25)23-17(9-12-31-21)22(27-28-23)15-5-7-16(8-6-15)24(29)30/h5-8,13-14H,9-12H2,1-4H3,(H,27,28)(H,29,30). The second-order valence-corrected chi connectivity index (χ2v) is 10.1. The van der Waals surface area contributed by atoms with E-state index in [4.69, 9.17) is 4.74 Å². The second-order valence-electron chi connectivity index (χ2n) is 10.1. The van der Waals surface area contributed by atoms with Gasteiger partial charge in [0, 0.05) is 23.1 Å². The van der Waals surface area contributed by atoms with Crippen LogP contribution >= 0.6 is 0 Å². The van der Waals surface area contributed by atoms with E-state index in [-0.39, 0.29) is 16.4 Å². The van der Waals surface area contributed by atoms with Crippen LogP contribution < -0.4 is 4.74 Å². The fourth-order valence-corrected chi connectivity index (χ4v) is 5.01. The van der Waals surface area contributed by atoms with Crippen LogP contribution in [0.2, 0.25) is 0 Å². The highest BCUT2D eigenvalue weighted by Gasteiger charge is 2.38. The Kier molecular flexibility index (Phi) is 4.30. The van der Waals surface area contributed by atoms with Gasteiger partial charge in [-0.15, -0.1) is 0 Å². The van der Waals surface area contributed by atoms with E-state index in [2.05, 4.69) is 50.0 Å². The van der Waals surface area contributed by atoms with Gasteiger partial charge >= 0.3 is 5.97 Å². The molecule has 31 heavy (non-hydrogen) atoms. The molecular weight excluding hydrogens is 388 g/mol. The quantitative estimate of drug-likeness (QED) is 0.560. The number of hydrogen-bond acceptors (Lipinski definition) is 3. The first-order valence-corrected chi connectivity index (χ1v) is 10.9. The van der Waals surface area contributed by atoms with Crippen molar-refractivity contribution in [2.24, 2.45) is 0 Å². The molecule has 2 aliphatic rings. The second kappa shape index (κ2) is 6.71. The zero-order valence-corrected chi connectivity index (χ0v) is 18.5. The number of carbonyl (C=O) groups is 1. The highest BCUT2D eigenvalue weighted by atomic mass is 16.5. The number of nitrogens with one attached hydrogen (secondary N) is 1. The summed E-state index contributed by atoms with van der Waals surface area (Å²) in [6.07, 6.45) is 3.06. The van der Waals surface area contributed by atoms with Gasteiger partial charge in [-0.25, -0.2) is 4.79 Å². The Hall–Kier alpha value is -3.08. The number of aromatic carboxylic acids is 1. The van der Waals surface area contributed by atoms with E-state index in [1.807, 2.05) is 12.1 Å². The van der Waals surface area contributed by atoms with Crippen molar-refractivity contribution in [1.29, 1.82) is 0 Å². The van der Waals surface area contributed by atoms with Crippen LogP contribution in [0.1, 0.15) is 67.6 Å². The van der Waals surface area contributed by atoms with E-state index in [1.165, 1.54) is 11.1 Å². The number of rotatable bonds is 2. The molecule has 2 heterocycles. The van der Waals surface area contributed by atoms with Crippen molar-refractivity contribution < 1.29 is 14.6 Å². The molecule has 0 fully saturated rings. The van der Waals surface area contributed by atoms with E-state index < -0.39 is 5.97 Å². The van der Waals surface area contributed by atoms with E-state index in [0.29, 0.717) is 6.61 Å². The molecule has 0 unspecified atom stereocenters. The molecule has 0 amide bonds. The Bertz CT molecular complexity index is 1190. The van der Waals surface area contributed by atoms with Crippen LogP contribution in [-0.4, -0.2) is 27.9 Å². The van der Waals surface area contributed by atoms with Gasteiger partial charge in [0.15, 0.2) is 0 Å². The van der Waals surface area contributed by atoms with Crippen molar-refractivity contribution >= 4 is 5.97 Å². The summed E-state index contributed by atoms with van der Waals surface area (Å²) in [7, 11) is 0. The number of nitrogens with zero attached hydrogens (tertiary/aromatic N) is 1. The molecule has 0 saturated carbocycles. The molecule has 2 N–H and O–H groups in total. The van der Waals surface area contributed by atoms with Gasteiger partial charge in [0.2, 0.25) is 0 Å². The number of H-pyrrole nitrogens is 1. The van der Waals surface area contributed by atoms with Gasteiger partial charge < -0.3 is 9.84 Å². The predicted octanol–water partition coefficient (Wildman–Crippen LogP) is 5.73. The summed E-state index contributed by atoms with van der Waals surface area (Å²) in [6.45, 7) is 9.89. The van der Waals surface area contributed by atoms with E-state index in [0.717, 1.165) is 53.1 Å². The first-order valence-electron chi connectivity index (χ1n) is 10.9. The molecule has 2 aromatic carbocycles. The number of ether oxygens (including phenoxy) is 1. The maximum atomic E-state index is 11.2. The average molecular weight is 417 g/mol. The van der Waals surface area contributed by atoms with E-state index >= 15 is 0 Å². The minimum absolute atomic E-state index is 0.113. The molecule has 1 aliphatic heterocycles. The summed E-state index contributed by atoms with van der Waals surface area (Å²) >= 11 is 0. The summed E-state index contributed by atoms with van der Waals surface area (Å²) in [6, 6.07) is 11.5. The molecule has 5 nitrogen and oxygen atoms in total. The molecule has 0 atom stereocenters. The minimum atomic E-state index is -0.926. The third kappa shape index (κ3) is 3.14. The molecule has 1 aromatic heterocycles. The van der Waals surface area contributed by atoms with Crippen LogP contribution in [0, 0.1) is 0 Å². The van der Waals surface area contributed by atoms with Gasteiger partial charge in [0.25, 0.3) is 0 Å². The Labute approximate surface area is 182 Å². The van der Waals surface area contributed by atoms with Crippen molar-refractivity contribution in [1.82, 2.24) is 10.2 Å². The fourth-order valence-electron chi connectivity index (χ4n) is 5.01. The van der Waals surface area contributed by atoms with Crippen LogP contribution in [-0.2, 0) is 17.3 Å². The lowest BCUT2D eigenvalue weighted by atomic mass is 9.63. The third-order valence-corrected chi connectivity index (χ3v) is 7.10. The van der Waals surface area contributed by atoms with Crippen LogP contribution in [0.3, 0.4) is 0 Å². The molecule has 0 spiro atoms. The maximum absolute atomic E-state index is 11.2. The number of carboxylic acid groups (broad SMARTS) is 1. The van der Waals surface area contributed by atoms with Crippen molar-refractivity contribution in [3.63, 3.8) is 0 Å².